The van der Waals surface area contributed by atoms with Crippen LogP contribution in [0.3, 0.4) is 0 Å². The standard InChI is InChI=1S/C24H20Cl2N2O4S/c25-13-5-6-20(32-11-21(29)30)17(9-13)22-23-19(27-12-33-23)7-8-28(22)24(31)16-10-15(16)14-3-1-2-4-18(14)26/h1-6,9,12,15-16,22H,7-8,10-11H2,(H,29,30)/t15?,16?,22-/m0/s1. The first kappa shape index (κ1) is 22.2. The summed E-state index contributed by atoms with van der Waals surface area (Å²) in [5.41, 5.74) is 4.38. The number of benzene rings is 2. The summed E-state index contributed by atoms with van der Waals surface area (Å²) < 4.78 is 5.58. The summed E-state index contributed by atoms with van der Waals surface area (Å²) >= 11 is 14.2. The number of aliphatic carboxylic acids is 1. The average Bonchev–Trinajstić information content (AvgIpc) is 3.44. The number of halogens is 2. The van der Waals surface area contributed by atoms with Crippen LogP contribution in [0.2, 0.25) is 10.0 Å². The molecule has 3 atom stereocenters. The number of fused-ring (bicyclic) bond motifs is 1. The van der Waals surface area contributed by atoms with Gasteiger partial charge in [0.25, 0.3) is 0 Å². The van der Waals surface area contributed by atoms with Gasteiger partial charge in [-0.15, -0.1) is 11.3 Å². The first-order chi connectivity index (χ1) is 15.9. The van der Waals surface area contributed by atoms with Crippen molar-refractivity contribution >= 4 is 46.4 Å². The fraction of sp³-hybridized carbons (Fsp3) is 0.292. The normalized spacial score (nSPS) is 21.4. The van der Waals surface area contributed by atoms with Crippen molar-refractivity contribution in [2.45, 2.75) is 24.8 Å². The lowest BCUT2D eigenvalue weighted by Crippen LogP contribution is -2.41. The molecule has 2 aromatic carbocycles. The van der Waals surface area contributed by atoms with Crippen molar-refractivity contribution in [2.24, 2.45) is 5.92 Å². The smallest absolute Gasteiger partial charge is 0.341 e. The van der Waals surface area contributed by atoms with Gasteiger partial charge in [0.1, 0.15) is 5.75 Å². The number of rotatable bonds is 6. The molecule has 1 aliphatic heterocycles. The van der Waals surface area contributed by atoms with E-state index in [2.05, 4.69) is 4.98 Å². The van der Waals surface area contributed by atoms with Crippen molar-refractivity contribution in [3.63, 3.8) is 0 Å². The lowest BCUT2D eigenvalue weighted by Gasteiger charge is -2.36. The first-order valence-electron chi connectivity index (χ1n) is 10.5. The number of carboxylic acids is 1. The van der Waals surface area contributed by atoms with Gasteiger partial charge in [0.2, 0.25) is 5.91 Å². The Morgan fingerprint density at radius 3 is 2.79 bits per heavy atom. The largest absolute Gasteiger partial charge is 0.482 e. The van der Waals surface area contributed by atoms with Crippen molar-refractivity contribution < 1.29 is 19.4 Å². The van der Waals surface area contributed by atoms with Crippen molar-refractivity contribution in [3.05, 3.63) is 79.7 Å². The van der Waals surface area contributed by atoms with Crippen LogP contribution < -0.4 is 4.74 Å². The number of carboxylic acid groups (broad SMARTS) is 1. The molecule has 1 aromatic heterocycles. The van der Waals surface area contributed by atoms with Crippen LogP contribution in [0.15, 0.2) is 48.0 Å². The highest BCUT2D eigenvalue weighted by atomic mass is 35.5. The quantitative estimate of drug-likeness (QED) is 0.501. The number of hydrogen-bond acceptors (Lipinski definition) is 5. The second kappa shape index (κ2) is 8.97. The van der Waals surface area contributed by atoms with Gasteiger partial charge in [-0.2, -0.15) is 0 Å². The summed E-state index contributed by atoms with van der Waals surface area (Å²) in [6.07, 6.45) is 1.41. The van der Waals surface area contributed by atoms with E-state index in [4.69, 9.17) is 33.0 Å². The molecular formula is C24H20Cl2N2O4S. The monoisotopic (exact) mass is 502 g/mol. The maximum Gasteiger partial charge on any atom is 0.341 e. The molecule has 6 nitrogen and oxygen atoms in total. The lowest BCUT2D eigenvalue weighted by molar-refractivity contribution is -0.139. The van der Waals surface area contributed by atoms with Crippen molar-refractivity contribution in [2.75, 3.05) is 13.2 Å². The Bertz CT molecular complexity index is 1230. The van der Waals surface area contributed by atoms with Crippen molar-refractivity contribution in [1.29, 1.82) is 0 Å². The molecule has 1 amide bonds. The third-order valence-corrected chi connectivity index (χ3v) is 7.64. The van der Waals surface area contributed by atoms with Crippen molar-refractivity contribution in [1.82, 2.24) is 9.88 Å². The first-order valence-corrected chi connectivity index (χ1v) is 12.2. The van der Waals surface area contributed by atoms with E-state index >= 15 is 0 Å². The molecule has 5 rings (SSSR count). The van der Waals surface area contributed by atoms with E-state index in [1.54, 1.807) is 23.7 Å². The molecule has 1 fully saturated rings. The van der Waals surface area contributed by atoms with Crippen molar-refractivity contribution in [3.8, 4) is 5.75 Å². The highest BCUT2D eigenvalue weighted by molar-refractivity contribution is 7.09. The predicted octanol–water partition coefficient (Wildman–Crippen LogP) is 5.19. The van der Waals surface area contributed by atoms with Crippen LogP contribution in [0, 0.1) is 5.92 Å². The summed E-state index contributed by atoms with van der Waals surface area (Å²) in [6, 6.07) is 12.3. The summed E-state index contributed by atoms with van der Waals surface area (Å²) in [4.78, 5) is 32.1. The number of aromatic nitrogens is 1. The molecule has 0 radical (unpaired) electrons. The Labute approximate surface area is 204 Å². The molecule has 1 saturated carbocycles. The van der Waals surface area contributed by atoms with Crippen LogP contribution in [0.5, 0.6) is 5.75 Å². The molecule has 33 heavy (non-hydrogen) atoms. The zero-order valence-corrected chi connectivity index (χ0v) is 19.7. The maximum absolute atomic E-state index is 13.7. The van der Waals surface area contributed by atoms with Gasteiger partial charge in [0, 0.05) is 34.5 Å². The molecule has 2 aliphatic rings. The van der Waals surface area contributed by atoms with Gasteiger partial charge in [-0.1, -0.05) is 41.4 Å². The third kappa shape index (κ3) is 4.33. The average molecular weight is 503 g/mol. The second-order valence-electron chi connectivity index (χ2n) is 8.18. The Morgan fingerprint density at radius 2 is 2.00 bits per heavy atom. The maximum atomic E-state index is 13.7. The van der Waals surface area contributed by atoms with Gasteiger partial charge in [0.15, 0.2) is 6.61 Å². The molecule has 1 aliphatic carbocycles. The van der Waals surface area contributed by atoms with Crippen LogP contribution in [0.1, 0.15) is 40.1 Å². The topological polar surface area (TPSA) is 79.7 Å². The molecule has 2 unspecified atom stereocenters. The molecule has 0 bridgehead atoms. The number of amides is 1. The summed E-state index contributed by atoms with van der Waals surface area (Å²) in [5, 5.41) is 10.3. The minimum atomic E-state index is -1.08. The van der Waals surface area contributed by atoms with Crippen LogP contribution in [-0.4, -0.2) is 40.0 Å². The highest BCUT2D eigenvalue weighted by Gasteiger charge is 2.49. The summed E-state index contributed by atoms with van der Waals surface area (Å²) in [7, 11) is 0. The summed E-state index contributed by atoms with van der Waals surface area (Å²) in [5.74, 6) is -0.690. The number of carbonyl (C=O) groups excluding carboxylic acids is 1. The second-order valence-corrected chi connectivity index (χ2v) is 9.91. The van der Waals surface area contributed by atoms with E-state index in [-0.39, 0.29) is 17.7 Å². The molecule has 170 valence electrons. The van der Waals surface area contributed by atoms with Gasteiger partial charge in [-0.3, -0.25) is 4.79 Å². The Hall–Kier alpha value is -2.61. The van der Waals surface area contributed by atoms with Crippen LogP contribution in [0.25, 0.3) is 0 Å². The van der Waals surface area contributed by atoms with Gasteiger partial charge < -0.3 is 14.7 Å². The van der Waals surface area contributed by atoms with Crippen LogP contribution in [0.4, 0.5) is 0 Å². The molecule has 1 N–H and O–H groups in total. The van der Waals surface area contributed by atoms with E-state index in [1.807, 2.05) is 29.2 Å². The minimum absolute atomic E-state index is 0.0492. The molecular weight excluding hydrogens is 483 g/mol. The van der Waals surface area contributed by atoms with Crippen LogP contribution >= 0.6 is 34.5 Å². The van der Waals surface area contributed by atoms with E-state index in [1.165, 1.54) is 11.3 Å². The molecule has 9 heteroatoms. The summed E-state index contributed by atoms with van der Waals surface area (Å²) in [6.45, 7) is 0.0267. The van der Waals surface area contributed by atoms with Gasteiger partial charge in [0.05, 0.1) is 22.1 Å². The number of hydrogen-bond donors (Lipinski definition) is 1. The molecule has 0 spiro atoms. The van der Waals surface area contributed by atoms with Crippen LogP contribution in [-0.2, 0) is 16.0 Å². The third-order valence-electron chi connectivity index (χ3n) is 6.14. The lowest BCUT2D eigenvalue weighted by atomic mass is 9.95. The highest BCUT2D eigenvalue weighted by Crippen LogP contribution is 2.52. The van der Waals surface area contributed by atoms with E-state index in [9.17, 15) is 9.59 Å². The molecule has 0 saturated heterocycles. The molecule has 3 aromatic rings. The number of thiazole rings is 1. The number of ether oxygens (including phenoxy) is 1. The minimum Gasteiger partial charge on any atom is -0.482 e. The predicted molar refractivity (Wildman–Crippen MR) is 126 cm³/mol. The van der Waals surface area contributed by atoms with Gasteiger partial charge in [-0.25, -0.2) is 9.78 Å². The van der Waals surface area contributed by atoms with E-state index < -0.39 is 18.6 Å². The number of nitrogens with zero attached hydrogens (tertiary/aromatic N) is 2. The van der Waals surface area contributed by atoms with Gasteiger partial charge >= 0.3 is 5.97 Å². The fourth-order valence-electron chi connectivity index (χ4n) is 4.54. The Morgan fingerprint density at radius 1 is 1.18 bits per heavy atom. The zero-order chi connectivity index (χ0) is 23.1. The van der Waals surface area contributed by atoms with E-state index in [0.717, 1.165) is 22.6 Å². The van der Waals surface area contributed by atoms with Gasteiger partial charge in [-0.05, 0) is 42.2 Å². The zero-order valence-electron chi connectivity index (χ0n) is 17.4. The SMILES string of the molecule is O=C(O)COc1ccc(Cl)cc1[C@H]1c2scnc2CCN1C(=O)C1CC1c1ccccc1Cl. The number of carbonyl (C=O) groups is 2. The Balaban J connectivity index is 1.50. The van der Waals surface area contributed by atoms with E-state index in [0.29, 0.717) is 34.3 Å². The Kier molecular flexibility index (Phi) is 6.03. The fourth-order valence-corrected chi connectivity index (χ4v) is 5.96. The molecule has 2 heterocycles.